The molecule has 0 aromatic heterocycles. The Morgan fingerprint density at radius 1 is 1.15 bits per heavy atom. The van der Waals surface area contributed by atoms with Crippen molar-refractivity contribution >= 4 is 11.6 Å². The maximum atomic E-state index is 6.29. The van der Waals surface area contributed by atoms with Crippen LogP contribution in [0.1, 0.15) is 23.5 Å². The van der Waals surface area contributed by atoms with Gasteiger partial charge in [0.05, 0.1) is 6.61 Å². The van der Waals surface area contributed by atoms with E-state index in [2.05, 4.69) is 12.1 Å². The largest absolute Gasteiger partial charge is 0.493 e. The van der Waals surface area contributed by atoms with Gasteiger partial charge in [0.15, 0.2) is 0 Å². The first-order valence-electron chi connectivity index (χ1n) is 6.94. The van der Waals surface area contributed by atoms with Gasteiger partial charge in [-0.2, -0.15) is 0 Å². The molecule has 0 aliphatic carbocycles. The van der Waals surface area contributed by atoms with Crippen LogP contribution in [0, 0.1) is 0 Å². The number of rotatable bonds is 4. The minimum atomic E-state index is 0.135. The molecule has 1 heterocycles. The van der Waals surface area contributed by atoms with Gasteiger partial charge in [-0.05, 0) is 36.6 Å². The van der Waals surface area contributed by atoms with Gasteiger partial charge < -0.3 is 10.5 Å². The maximum Gasteiger partial charge on any atom is 0.122 e. The van der Waals surface area contributed by atoms with Gasteiger partial charge in [0, 0.05) is 22.5 Å². The van der Waals surface area contributed by atoms with Crippen molar-refractivity contribution in [2.75, 3.05) is 6.61 Å². The molecule has 3 heteroatoms. The molecule has 2 aromatic rings. The highest BCUT2D eigenvalue weighted by molar-refractivity contribution is 6.30. The minimum Gasteiger partial charge on any atom is -0.493 e. The molecule has 0 radical (unpaired) electrons. The van der Waals surface area contributed by atoms with Gasteiger partial charge in [0.25, 0.3) is 0 Å². The Labute approximate surface area is 124 Å². The number of hydrogen-bond acceptors (Lipinski definition) is 2. The van der Waals surface area contributed by atoms with Gasteiger partial charge in [-0.3, -0.25) is 0 Å². The lowest BCUT2D eigenvalue weighted by Crippen LogP contribution is -2.26. The number of nitrogens with two attached hydrogens (primary N) is 1. The number of hydrogen-bond donors (Lipinski definition) is 1. The number of halogens is 1. The van der Waals surface area contributed by atoms with E-state index in [0.717, 1.165) is 30.2 Å². The lowest BCUT2D eigenvalue weighted by atomic mass is 9.91. The minimum absolute atomic E-state index is 0.135. The van der Waals surface area contributed by atoms with Gasteiger partial charge in [-0.1, -0.05) is 41.9 Å². The molecule has 0 saturated carbocycles. The van der Waals surface area contributed by atoms with E-state index in [9.17, 15) is 0 Å². The number of para-hydroxylation sites is 1. The zero-order valence-corrected chi connectivity index (χ0v) is 12.0. The molecule has 2 unspecified atom stereocenters. The normalized spacial score (nSPS) is 18.4. The molecular formula is C17H18ClNO. The van der Waals surface area contributed by atoms with Crippen LogP contribution < -0.4 is 10.5 Å². The summed E-state index contributed by atoms with van der Waals surface area (Å²) in [5.41, 5.74) is 8.81. The fourth-order valence-corrected chi connectivity index (χ4v) is 2.92. The quantitative estimate of drug-likeness (QED) is 0.929. The molecule has 3 rings (SSSR count). The topological polar surface area (TPSA) is 35.2 Å². The van der Waals surface area contributed by atoms with Crippen molar-refractivity contribution in [1.29, 1.82) is 0 Å². The van der Waals surface area contributed by atoms with E-state index >= 15 is 0 Å². The van der Waals surface area contributed by atoms with E-state index < -0.39 is 0 Å². The summed E-state index contributed by atoms with van der Waals surface area (Å²) >= 11 is 5.89. The molecule has 2 N–H and O–H groups in total. The van der Waals surface area contributed by atoms with Crippen LogP contribution in [0.5, 0.6) is 5.75 Å². The summed E-state index contributed by atoms with van der Waals surface area (Å²) < 4.78 is 5.70. The summed E-state index contributed by atoms with van der Waals surface area (Å²) in [6.07, 6.45) is 1.81. The first kappa shape index (κ1) is 13.5. The first-order valence-corrected chi connectivity index (χ1v) is 7.32. The van der Waals surface area contributed by atoms with Crippen LogP contribution in [0.2, 0.25) is 5.02 Å². The molecular weight excluding hydrogens is 270 g/mol. The smallest absolute Gasteiger partial charge is 0.122 e. The second-order valence-corrected chi connectivity index (χ2v) is 5.81. The van der Waals surface area contributed by atoms with Crippen molar-refractivity contribution in [2.24, 2.45) is 5.73 Å². The zero-order valence-electron chi connectivity index (χ0n) is 11.3. The summed E-state index contributed by atoms with van der Waals surface area (Å²) in [4.78, 5) is 0. The predicted octanol–water partition coefficient (Wildman–Crippen LogP) is 3.78. The number of ether oxygens (including phenoxy) is 1. The lowest BCUT2D eigenvalue weighted by Gasteiger charge is -2.16. The van der Waals surface area contributed by atoms with Crippen molar-refractivity contribution in [1.82, 2.24) is 0 Å². The third-order valence-electron chi connectivity index (χ3n) is 3.80. The van der Waals surface area contributed by atoms with Gasteiger partial charge >= 0.3 is 0 Å². The van der Waals surface area contributed by atoms with E-state index in [1.165, 1.54) is 11.1 Å². The molecule has 2 atom stereocenters. The fourth-order valence-electron chi connectivity index (χ4n) is 2.80. The van der Waals surface area contributed by atoms with Gasteiger partial charge in [-0.15, -0.1) is 0 Å². The molecule has 0 fully saturated rings. The SMILES string of the molecule is NC(Cc1ccc(Cl)cc1)CC1COc2ccccc21. The summed E-state index contributed by atoms with van der Waals surface area (Å²) in [7, 11) is 0. The highest BCUT2D eigenvalue weighted by Crippen LogP contribution is 2.36. The monoisotopic (exact) mass is 287 g/mol. The van der Waals surface area contributed by atoms with E-state index in [4.69, 9.17) is 22.1 Å². The van der Waals surface area contributed by atoms with Crippen molar-refractivity contribution in [3.8, 4) is 5.75 Å². The number of fused-ring (bicyclic) bond motifs is 1. The van der Waals surface area contributed by atoms with Crippen LogP contribution >= 0.6 is 11.6 Å². The molecule has 2 aromatic carbocycles. The predicted molar refractivity (Wildman–Crippen MR) is 82.4 cm³/mol. The third kappa shape index (κ3) is 2.97. The average Bonchev–Trinajstić information content (AvgIpc) is 2.85. The van der Waals surface area contributed by atoms with Crippen molar-refractivity contribution in [2.45, 2.75) is 24.8 Å². The summed E-state index contributed by atoms with van der Waals surface area (Å²) in [6, 6.07) is 16.3. The molecule has 1 aliphatic heterocycles. The van der Waals surface area contributed by atoms with Crippen molar-refractivity contribution in [3.63, 3.8) is 0 Å². The van der Waals surface area contributed by atoms with Crippen LogP contribution in [0.25, 0.3) is 0 Å². The molecule has 104 valence electrons. The Hall–Kier alpha value is -1.51. The van der Waals surface area contributed by atoms with Crippen molar-refractivity contribution < 1.29 is 4.74 Å². The Bertz CT molecular complexity index is 582. The third-order valence-corrected chi connectivity index (χ3v) is 4.05. The summed E-state index contributed by atoms with van der Waals surface area (Å²) in [6.45, 7) is 0.744. The highest BCUT2D eigenvalue weighted by Gasteiger charge is 2.25. The van der Waals surface area contributed by atoms with Crippen LogP contribution in [-0.2, 0) is 6.42 Å². The summed E-state index contributed by atoms with van der Waals surface area (Å²) in [5.74, 6) is 1.42. The molecule has 0 bridgehead atoms. The fraction of sp³-hybridized carbons (Fsp3) is 0.294. The molecule has 0 amide bonds. The summed E-state index contributed by atoms with van der Waals surface area (Å²) in [5, 5.41) is 0.764. The molecule has 20 heavy (non-hydrogen) atoms. The van der Waals surface area contributed by atoms with Gasteiger partial charge in [-0.25, -0.2) is 0 Å². The Kier molecular flexibility index (Phi) is 3.95. The standard InChI is InChI=1S/C17H18ClNO/c18-14-7-5-12(6-8-14)9-15(19)10-13-11-20-17-4-2-1-3-16(13)17/h1-8,13,15H,9-11,19H2. The number of benzene rings is 2. The van der Waals surface area contributed by atoms with Gasteiger partial charge in [0.2, 0.25) is 0 Å². The zero-order chi connectivity index (χ0) is 13.9. The molecule has 0 spiro atoms. The van der Waals surface area contributed by atoms with Crippen molar-refractivity contribution in [3.05, 3.63) is 64.7 Å². The Morgan fingerprint density at radius 2 is 1.90 bits per heavy atom. The van der Waals surface area contributed by atoms with E-state index in [1.807, 2.05) is 36.4 Å². The maximum absolute atomic E-state index is 6.29. The second-order valence-electron chi connectivity index (χ2n) is 5.37. The van der Waals surface area contributed by atoms with E-state index in [0.29, 0.717) is 5.92 Å². The molecule has 2 nitrogen and oxygen atoms in total. The average molecular weight is 288 g/mol. The van der Waals surface area contributed by atoms with E-state index in [1.54, 1.807) is 0 Å². The Morgan fingerprint density at radius 3 is 2.70 bits per heavy atom. The second kappa shape index (κ2) is 5.86. The van der Waals surface area contributed by atoms with Crippen LogP contribution in [0.4, 0.5) is 0 Å². The molecule has 0 saturated heterocycles. The van der Waals surface area contributed by atoms with E-state index in [-0.39, 0.29) is 6.04 Å². The van der Waals surface area contributed by atoms with Crippen LogP contribution in [0.3, 0.4) is 0 Å². The van der Waals surface area contributed by atoms with Gasteiger partial charge in [0.1, 0.15) is 5.75 Å². The van der Waals surface area contributed by atoms with Crippen LogP contribution in [-0.4, -0.2) is 12.6 Å². The highest BCUT2D eigenvalue weighted by atomic mass is 35.5. The molecule has 1 aliphatic rings. The first-order chi connectivity index (χ1) is 9.72. The lowest BCUT2D eigenvalue weighted by molar-refractivity contribution is 0.318. The van der Waals surface area contributed by atoms with Crippen LogP contribution in [0.15, 0.2) is 48.5 Å². The Balaban J connectivity index is 1.62.